The van der Waals surface area contributed by atoms with E-state index in [0.29, 0.717) is 13.0 Å². The number of ether oxygens (including phenoxy) is 1. The molecule has 1 heterocycles. The number of aryl methyl sites for hydroxylation is 1. The minimum absolute atomic E-state index is 0.00931. The van der Waals surface area contributed by atoms with E-state index in [4.69, 9.17) is 4.74 Å². The fourth-order valence-electron chi connectivity index (χ4n) is 1.16. The summed E-state index contributed by atoms with van der Waals surface area (Å²) in [6.07, 6.45) is 2.05. The van der Waals surface area contributed by atoms with Gasteiger partial charge in [-0.1, -0.05) is 0 Å². The molecule has 1 amide bonds. The number of hydrogen-bond acceptors (Lipinski definition) is 3. The third-order valence-corrected chi connectivity index (χ3v) is 2.29. The second-order valence-corrected chi connectivity index (χ2v) is 3.55. The van der Waals surface area contributed by atoms with Crippen molar-refractivity contribution in [2.24, 2.45) is 0 Å². The Bertz CT molecular complexity index is 322. The molecule has 15 heavy (non-hydrogen) atoms. The molecule has 0 aliphatic carbocycles. The van der Waals surface area contributed by atoms with Crippen molar-refractivity contribution >= 4 is 5.91 Å². The normalized spacial score (nSPS) is 12.5. The number of hydrogen-bond donors (Lipinski definition) is 2. The second-order valence-electron chi connectivity index (χ2n) is 3.55. The standard InChI is InChI=1S/C10H17N3O2/c1-7(15-3)4-10(14)11-5-9-6-12-13-8(9)2/h6-7H,4-5H2,1-3H3,(H,11,14)(H,12,13)/t7-/m0/s1. The van der Waals surface area contributed by atoms with Crippen LogP contribution in [-0.4, -0.2) is 29.3 Å². The molecule has 5 heteroatoms. The molecule has 0 bridgehead atoms. The fraction of sp³-hybridized carbons (Fsp3) is 0.600. The molecule has 5 nitrogen and oxygen atoms in total. The molecule has 0 fully saturated rings. The van der Waals surface area contributed by atoms with E-state index in [1.807, 2.05) is 13.8 Å². The average molecular weight is 211 g/mol. The van der Waals surface area contributed by atoms with Gasteiger partial charge in [0.15, 0.2) is 0 Å². The van der Waals surface area contributed by atoms with Crippen LogP contribution >= 0.6 is 0 Å². The van der Waals surface area contributed by atoms with Crippen LogP contribution in [0.25, 0.3) is 0 Å². The fourth-order valence-corrected chi connectivity index (χ4v) is 1.16. The largest absolute Gasteiger partial charge is 0.381 e. The van der Waals surface area contributed by atoms with Gasteiger partial charge in [-0.3, -0.25) is 9.89 Å². The van der Waals surface area contributed by atoms with Crippen LogP contribution in [0.2, 0.25) is 0 Å². The first-order chi connectivity index (χ1) is 7.13. The number of H-pyrrole nitrogens is 1. The monoisotopic (exact) mass is 211 g/mol. The van der Waals surface area contributed by atoms with Crippen molar-refractivity contribution in [3.05, 3.63) is 17.5 Å². The van der Waals surface area contributed by atoms with E-state index >= 15 is 0 Å². The quantitative estimate of drug-likeness (QED) is 0.755. The summed E-state index contributed by atoms with van der Waals surface area (Å²) >= 11 is 0. The summed E-state index contributed by atoms with van der Waals surface area (Å²) in [5.41, 5.74) is 1.99. The first-order valence-electron chi connectivity index (χ1n) is 4.91. The van der Waals surface area contributed by atoms with Gasteiger partial charge >= 0.3 is 0 Å². The lowest BCUT2D eigenvalue weighted by molar-refractivity contribution is -0.123. The average Bonchev–Trinajstić information content (AvgIpc) is 2.61. The van der Waals surface area contributed by atoms with Gasteiger partial charge in [0.25, 0.3) is 0 Å². The van der Waals surface area contributed by atoms with Crippen LogP contribution in [0.4, 0.5) is 0 Å². The Kier molecular flexibility index (Phi) is 4.30. The lowest BCUT2D eigenvalue weighted by Gasteiger charge is -2.09. The number of rotatable bonds is 5. The summed E-state index contributed by atoms with van der Waals surface area (Å²) in [5.74, 6) is -0.00931. The van der Waals surface area contributed by atoms with Crippen molar-refractivity contribution in [3.8, 4) is 0 Å². The first-order valence-corrected chi connectivity index (χ1v) is 4.91. The zero-order valence-corrected chi connectivity index (χ0v) is 9.33. The van der Waals surface area contributed by atoms with Crippen molar-refractivity contribution in [3.63, 3.8) is 0 Å². The van der Waals surface area contributed by atoms with E-state index in [1.54, 1.807) is 13.3 Å². The van der Waals surface area contributed by atoms with Gasteiger partial charge in [-0.15, -0.1) is 0 Å². The van der Waals surface area contributed by atoms with Crippen LogP contribution in [0.5, 0.6) is 0 Å². The van der Waals surface area contributed by atoms with Gasteiger partial charge in [0.2, 0.25) is 5.91 Å². The topological polar surface area (TPSA) is 67.0 Å². The Hall–Kier alpha value is -1.36. The van der Waals surface area contributed by atoms with Crippen LogP contribution in [0.1, 0.15) is 24.6 Å². The third kappa shape index (κ3) is 3.71. The van der Waals surface area contributed by atoms with Gasteiger partial charge in [0.1, 0.15) is 0 Å². The SMILES string of the molecule is CO[C@@H](C)CC(=O)NCc1cn[nH]c1C. The molecule has 0 aliphatic heterocycles. The molecule has 0 unspecified atom stereocenters. The van der Waals surface area contributed by atoms with Crippen molar-refractivity contribution < 1.29 is 9.53 Å². The van der Waals surface area contributed by atoms with Crippen LogP contribution < -0.4 is 5.32 Å². The zero-order chi connectivity index (χ0) is 11.3. The van der Waals surface area contributed by atoms with Gasteiger partial charge in [-0.05, 0) is 13.8 Å². The highest BCUT2D eigenvalue weighted by molar-refractivity contribution is 5.76. The van der Waals surface area contributed by atoms with Gasteiger partial charge in [-0.2, -0.15) is 5.10 Å². The lowest BCUT2D eigenvalue weighted by Crippen LogP contribution is -2.26. The molecule has 84 valence electrons. The number of nitrogens with one attached hydrogen (secondary N) is 2. The van der Waals surface area contributed by atoms with E-state index in [2.05, 4.69) is 15.5 Å². The van der Waals surface area contributed by atoms with Gasteiger partial charge in [0.05, 0.1) is 18.7 Å². The maximum atomic E-state index is 11.4. The van der Waals surface area contributed by atoms with E-state index in [9.17, 15) is 4.79 Å². The first kappa shape index (κ1) is 11.7. The molecular weight excluding hydrogens is 194 g/mol. The smallest absolute Gasteiger partial charge is 0.222 e. The van der Waals surface area contributed by atoms with E-state index in [0.717, 1.165) is 11.3 Å². The van der Waals surface area contributed by atoms with Crippen LogP contribution in [-0.2, 0) is 16.1 Å². The van der Waals surface area contributed by atoms with Gasteiger partial charge < -0.3 is 10.1 Å². The molecule has 2 N–H and O–H groups in total. The minimum atomic E-state index is -0.0459. The van der Waals surface area contributed by atoms with Crippen molar-refractivity contribution in [2.75, 3.05) is 7.11 Å². The second kappa shape index (κ2) is 5.50. The Morgan fingerprint density at radius 1 is 1.73 bits per heavy atom. The molecule has 0 saturated carbocycles. The molecule has 0 radical (unpaired) electrons. The lowest BCUT2D eigenvalue weighted by atomic mass is 10.2. The highest BCUT2D eigenvalue weighted by Crippen LogP contribution is 2.02. The maximum absolute atomic E-state index is 11.4. The number of carbonyl (C=O) groups is 1. The summed E-state index contributed by atoms with van der Waals surface area (Å²) in [4.78, 5) is 11.4. The molecule has 0 saturated heterocycles. The number of nitrogens with zero attached hydrogens (tertiary/aromatic N) is 1. The van der Waals surface area contributed by atoms with Gasteiger partial charge in [-0.25, -0.2) is 0 Å². The summed E-state index contributed by atoms with van der Waals surface area (Å²) in [7, 11) is 1.60. The third-order valence-electron chi connectivity index (χ3n) is 2.29. The van der Waals surface area contributed by atoms with E-state index < -0.39 is 0 Å². The highest BCUT2D eigenvalue weighted by atomic mass is 16.5. The molecule has 1 rings (SSSR count). The Labute approximate surface area is 89.2 Å². The molecule has 0 spiro atoms. The molecule has 1 aromatic heterocycles. The minimum Gasteiger partial charge on any atom is -0.381 e. The van der Waals surface area contributed by atoms with Crippen LogP contribution in [0, 0.1) is 6.92 Å². The number of methoxy groups -OCH3 is 1. The molecule has 1 aromatic rings. The maximum Gasteiger partial charge on any atom is 0.222 e. The predicted molar refractivity (Wildman–Crippen MR) is 56.3 cm³/mol. The molecule has 0 aliphatic rings. The van der Waals surface area contributed by atoms with Crippen molar-refractivity contribution in [1.82, 2.24) is 15.5 Å². The zero-order valence-electron chi connectivity index (χ0n) is 9.33. The number of carbonyl (C=O) groups excluding carboxylic acids is 1. The molecule has 1 atom stereocenters. The highest BCUT2D eigenvalue weighted by Gasteiger charge is 2.08. The predicted octanol–water partition coefficient (Wildman–Crippen LogP) is 0.759. The Morgan fingerprint density at radius 2 is 2.47 bits per heavy atom. The Balaban J connectivity index is 2.31. The summed E-state index contributed by atoms with van der Waals surface area (Å²) in [6.45, 7) is 4.30. The molecular formula is C10H17N3O2. The van der Waals surface area contributed by atoms with Crippen molar-refractivity contribution in [1.29, 1.82) is 0 Å². The summed E-state index contributed by atoms with van der Waals surface area (Å²) in [5, 5.41) is 9.51. The summed E-state index contributed by atoms with van der Waals surface area (Å²) in [6, 6.07) is 0. The number of aromatic amines is 1. The van der Waals surface area contributed by atoms with E-state index in [1.165, 1.54) is 0 Å². The van der Waals surface area contributed by atoms with Crippen LogP contribution in [0.15, 0.2) is 6.20 Å². The summed E-state index contributed by atoms with van der Waals surface area (Å²) < 4.78 is 5.00. The Morgan fingerprint density at radius 3 is 3.00 bits per heavy atom. The van der Waals surface area contributed by atoms with Crippen molar-refractivity contribution in [2.45, 2.75) is 32.9 Å². The number of aromatic nitrogens is 2. The van der Waals surface area contributed by atoms with E-state index in [-0.39, 0.29) is 12.0 Å². The van der Waals surface area contributed by atoms with Crippen LogP contribution in [0.3, 0.4) is 0 Å². The molecule has 0 aromatic carbocycles. The van der Waals surface area contributed by atoms with Gasteiger partial charge in [0, 0.05) is 24.9 Å². The number of amides is 1.